The Morgan fingerprint density at radius 1 is 0.412 bits per heavy atom. The minimum absolute atomic E-state index is 0.312. The fourth-order valence-electron chi connectivity index (χ4n) is 11.4. The lowest BCUT2D eigenvalue weighted by atomic mass is 9.91. The average molecular weight is 1410 g/mol. The SMILES string of the molecule is CCCCN(C)Cc1cn[nH]c1-c1cc(C(C)C)cc(C(C)C)c1.CCCCN(C)Cc1cn[nH]c1-c1ccc(OCCCOC)c(Cl)c1.CCCCN(C)Cc1cn[nH]c1-c1ccc(Oc2cccc(F)c2)cc1.CCCCN(C)Cc1cn[nH]c1-c1ccc(Oc2cccc(OC)c2)cc1. The van der Waals surface area contributed by atoms with Gasteiger partial charge in [-0.15, -0.1) is 0 Å². The van der Waals surface area contributed by atoms with Crippen molar-refractivity contribution < 1.29 is 28.1 Å². The molecule has 4 aromatic heterocycles. The summed E-state index contributed by atoms with van der Waals surface area (Å²) in [6.07, 6.45) is 18.2. The molecule has 4 heterocycles. The highest BCUT2D eigenvalue weighted by molar-refractivity contribution is 6.32. The molecule has 17 nitrogen and oxygen atoms in total. The number of nitrogens with one attached hydrogen (secondary N) is 4. The molecule has 19 heteroatoms. The Bertz CT molecular complexity index is 3950. The summed E-state index contributed by atoms with van der Waals surface area (Å²) in [6, 6.07) is 42.3. The number of halogens is 2. The van der Waals surface area contributed by atoms with Crippen LogP contribution in [0.2, 0.25) is 5.02 Å². The first kappa shape index (κ1) is 80.7. The molecule has 0 atom stereocenters. The van der Waals surface area contributed by atoms with Crippen molar-refractivity contribution >= 4 is 11.6 Å². The van der Waals surface area contributed by atoms with Crippen molar-refractivity contribution in [1.29, 1.82) is 0 Å². The van der Waals surface area contributed by atoms with E-state index in [9.17, 15) is 4.39 Å². The van der Waals surface area contributed by atoms with Crippen LogP contribution < -0.4 is 18.9 Å². The van der Waals surface area contributed by atoms with Gasteiger partial charge in [-0.3, -0.25) is 20.4 Å². The number of rotatable bonds is 36. The number of aromatic nitrogens is 8. The standard InChI is InChI=1S/C22H27N3O2.C21H24FN3O.C21H33N3.C19H28ClN3O2/c1-4-5-13-25(2)16-18-15-23-24-22(18)17-9-11-19(12-10-17)27-21-8-6-7-20(14-21)26-3;1-3-4-12-25(2)15-17-14-23-24-21(17)16-8-10-19(11-9-16)26-20-7-5-6-18(22)13-20;1-7-8-9-24(6)14-20-13-22-23-21(20)19-11-17(15(2)3)10-18(12-19)16(4)5;1-4-5-9-23(2)14-16-13-21-22-19(16)15-7-8-18(17(20)12-15)25-11-6-10-24-3/h6-12,14-15H,4-5,13,16H2,1-3H3,(H,23,24);5-11,13-14H,3-4,12,15H2,1-2H3,(H,23,24);10-13,15-16H,7-9,14H2,1-6H3,(H,22,23);7-8,12-13H,4-6,9-11,14H2,1-3H3,(H,21,22). The van der Waals surface area contributed by atoms with Crippen molar-refractivity contribution in [2.45, 2.75) is 151 Å². The molecule has 548 valence electrons. The quantitative estimate of drug-likeness (QED) is 0.0274. The molecule has 0 unspecified atom stereocenters. The summed E-state index contributed by atoms with van der Waals surface area (Å²) in [7, 11) is 11.9. The van der Waals surface area contributed by atoms with Gasteiger partial charge in [0.25, 0.3) is 0 Å². The summed E-state index contributed by atoms with van der Waals surface area (Å²) in [4.78, 5) is 9.33. The fourth-order valence-corrected chi connectivity index (χ4v) is 11.6. The maximum Gasteiger partial charge on any atom is 0.137 e. The van der Waals surface area contributed by atoms with Crippen molar-refractivity contribution in [2.24, 2.45) is 0 Å². The van der Waals surface area contributed by atoms with Gasteiger partial charge in [0, 0.05) is 103 Å². The normalized spacial score (nSPS) is 11.3. The molecule has 10 aromatic rings. The van der Waals surface area contributed by atoms with Crippen LogP contribution in [0.5, 0.6) is 34.5 Å². The zero-order valence-electron chi connectivity index (χ0n) is 63.0. The van der Waals surface area contributed by atoms with Crippen molar-refractivity contribution in [3.8, 4) is 79.5 Å². The Balaban J connectivity index is 0.000000191. The van der Waals surface area contributed by atoms with Crippen LogP contribution in [0, 0.1) is 5.82 Å². The van der Waals surface area contributed by atoms with Crippen LogP contribution in [0.1, 0.15) is 158 Å². The van der Waals surface area contributed by atoms with E-state index in [1.165, 1.54) is 108 Å². The second-order valence-electron chi connectivity index (χ2n) is 26.9. The Labute approximate surface area is 611 Å². The van der Waals surface area contributed by atoms with Crippen LogP contribution in [0.15, 0.2) is 158 Å². The maximum absolute atomic E-state index is 13.3. The van der Waals surface area contributed by atoms with Crippen LogP contribution in [0.3, 0.4) is 0 Å². The molecule has 0 radical (unpaired) electrons. The Kier molecular flexibility index (Phi) is 34.3. The van der Waals surface area contributed by atoms with Crippen LogP contribution in [-0.4, -0.2) is 142 Å². The highest BCUT2D eigenvalue weighted by Crippen LogP contribution is 2.35. The largest absolute Gasteiger partial charge is 0.497 e. The van der Waals surface area contributed by atoms with E-state index in [0.29, 0.717) is 47.3 Å². The fraction of sp³-hybridized carbons (Fsp3) is 0.422. The number of ether oxygens (including phenoxy) is 5. The molecule has 0 aliphatic heterocycles. The molecule has 0 bridgehead atoms. The molecule has 0 aliphatic carbocycles. The lowest BCUT2D eigenvalue weighted by Gasteiger charge is -2.17. The van der Waals surface area contributed by atoms with Crippen LogP contribution in [-0.2, 0) is 30.9 Å². The summed E-state index contributed by atoms with van der Waals surface area (Å²) in [5.74, 6) is 4.91. The first-order valence-electron chi connectivity index (χ1n) is 36.3. The third-order valence-corrected chi connectivity index (χ3v) is 17.7. The predicted octanol–water partition coefficient (Wildman–Crippen LogP) is 20.3. The average Bonchev–Trinajstić information content (AvgIpc) is 1.50. The molecule has 4 N–H and O–H groups in total. The molecule has 0 amide bonds. The number of hydrogen-bond acceptors (Lipinski definition) is 13. The lowest BCUT2D eigenvalue weighted by molar-refractivity contribution is 0.172. The summed E-state index contributed by atoms with van der Waals surface area (Å²) in [5, 5.41) is 30.2. The first-order valence-corrected chi connectivity index (χ1v) is 36.7. The zero-order chi connectivity index (χ0) is 73.2. The van der Waals surface area contributed by atoms with Crippen LogP contribution in [0.4, 0.5) is 4.39 Å². The van der Waals surface area contributed by atoms with Crippen molar-refractivity contribution in [1.82, 2.24) is 60.4 Å². The van der Waals surface area contributed by atoms with Gasteiger partial charge in [-0.25, -0.2) is 4.39 Å². The van der Waals surface area contributed by atoms with E-state index < -0.39 is 0 Å². The highest BCUT2D eigenvalue weighted by Gasteiger charge is 2.18. The molecule has 10 rings (SSSR count). The van der Waals surface area contributed by atoms with Gasteiger partial charge in [0.15, 0.2) is 0 Å². The number of H-pyrrole nitrogens is 4. The number of benzene rings is 6. The van der Waals surface area contributed by atoms with Crippen molar-refractivity contribution in [3.05, 3.63) is 202 Å². The van der Waals surface area contributed by atoms with E-state index in [1.807, 2.05) is 104 Å². The Morgan fingerprint density at radius 2 is 0.794 bits per heavy atom. The number of hydrogen-bond donors (Lipinski definition) is 4. The second-order valence-corrected chi connectivity index (χ2v) is 27.3. The highest BCUT2D eigenvalue weighted by atomic mass is 35.5. The van der Waals surface area contributed by atoms with Gasteiger partial charge in [0.2, 0.25) is 0 Å². The van der Waals surface area contributed by atoms with E-state index in [1.54, 1.807) is 26.4 Å². The second kappa shape index (κ2) is 43.4. The third kappa shape index (κ3) is 26.3. The Hall–Kier alpha value is -8.62. The number of nitrogens with zero attached hydrogens (tertiary/aromatic N) is 8. The Morgan fingerprint density at radius 3 is 1.18 bits per heavy atom. The van der Waals surface area contributed by atoms with Gasteiger partial charge in [-0.2, -0.15) is 20.4 Å². The minimum atomic E-state index is -0.312. The lowest BCUT2D eigenvalue weighted by Crippen LogP contribution is -2.19. The molecule has 0 spiro atoms. The van der Waals surface area contributed by atoms with Gasteiger partial charge in [0.1, 0.15) is 40.3 Å². The van der Waals surface area contributed by atoms with E-state index in [2.05, 4.69) is 174 Å². The van der Waals surface area contributed by atoms with Crippen LogP contribution >= 0.6 is 11.6 Å². The topological polar surface area (TPSA) is 174 Å². The van der Waals surface area contributed by atoms with Gasteiger partial charge in [-0.1, -0.05) is 111 Å². The number of unbranched alkanes of at least 4 members (excludes halogenated alkanes) is 4. The van der Waals surface area contributed by atoms with E-state index >= 15 is 0 Å². The molecule has 0 aliphatic rings. The molecule has 0 saturated carbocycles. The third-order valence-electron chi connectivity index (χ3n) is 17.4. The maximum atomic E-state index is 13.3. The molecule has 102 heavy (non-hydrogen) atoms. The van der Waals surface area contributed by atoms with Crippen molar-refractivity contribution in [3.63, 3.8) is 0 Å². The minimum Gasteiger partial charge on any atom is -0.497 e. The number of aromatic amines is 4. The molecule has 0 fully saturated rings. The van der Waals surface area contributed by atoms with Gasteiger partial charge in [-0.05, 0) is 206 Å². The van der Waals surface area contributed by atoms with Gasteiger partial charge in [0.05, 0.1) is 66.3 Å². The molecule has 0 saturated heterocycles. The van der Waals surface area contributed by atoms with Crippen molar-refractivity contribution in [2.75, 3.05) is 81.8 Å². The molecular weight excluding hydrogens is 1300 g/mol. The molecule has 6 aromatic carbocycles. The predicted molar refractivity (Wildman–Crippen MR) is 416 cm³/mol. The summed E-state index contributed by atoms with van der Waals surface area (Å²) >= 11 is 6.38. The monoisotopic (exact) mass is 1410 g/mol. The number of methoxy groups -OCH3 is 2. The van der Waals surface area contributed by atoms with Crippen LogP contribution in [0.25, 0.3) is 45.0 Å². The van der Waals surface area contributed by atoms with E-state index in [0.717, 1.165) is 110 Å². The van der Waals surface area contributed by atoms with Gasteiger partial charge >= 0.3 is 0 Å². The summed E-state index contributed by atoms with van der Waals surface area (Å²) in [5.41, 5.74) is 16.3. The van der Waals surface area contributed by atoms with E-state index in [4.69, 9.17) is 35.3 Å². The summed E-state index contributed by atoms with van der Waals surface area (Å²) < 4.78 is 40.8. The summed E-state index contributed by atoms with van der Waals surface area (Å²) in [6.45, 7) is 27.1. The zero-order valence-corrected chi connectivity index (χ0v) is 63.7. The first-order chi connectivity index (χ1) is 49.4. The van der Waals surface area contributed by atoms with Gasteiger partial charge < -0.3 is 43.3 Å². The van der Waals surface area contributed by atoms with E-state index in [-0.39, 0.29) is 5.82 Å². The molecular formula is C83H112ClFN12O5. The smallest absolute Gasteiger partial charge is 0.137 e.